The molecule has 54 valence electrons. The summed E-state index contributed by atoms with van der Waals surface area (Å²) < 4.78 is 12.2. The molecule has 1 atom stereocenters. The third-order valence-corrected chi connectivity index (χ3v) is 1.10. The van der Waals surface area contributed by atoms with E-state index < -0.39 is 12.1 Å². The van der Waals surface area contributed by atoms with Crippen LogP contribution in [0.25, 0.3) is 0 Å². The van der Waals surface area contributed by atoms with Crippen LogP contribution in [0, 0.1) is 0 Å². The maximum absolute atomic E-state index is 12.2. The zero-order valence-electron chi connectivity index (χ0n) is 6.39. The number of carbonyl (C=O) groups excluding carboxylic acids is 1. The van der Waals surface area contributed by atoms with Gasteiger partial charge in [0.2, 0.25) is 0 Å². The van der Waals surface area contributed by atoms with Crippen molar-refractivity contribution in [2.45, 2.75) is 32.4 Å². The number of hydrogen-bond donors (Lipinski definition) is 0. The van der Waals surface area contributed by atoms with Gasteiger partial charge in [0.05, 0.1) is 0 Å². The van der Waals surface area contributed by atoms with E-state index in [1.807, 2.05) is 0 Å². The fourth-order valence-electron chi connectivity index (χ4n) is 0.479. The summed E-state index contributed by atoms with van der Waals surface area (Å²) in [6.45, 7) is 1.68. The summed E-state index contributed by atoms with van der Waals surface area (Å²) in [5.74, 6) is -1.17. The van der Waals surface area contributed by atoms with Crippen molar-refractivity contribution in [3.05, 3.63) is 0 Å². The maximum atomic E-state index is 12.2. The van der Waals surface area contributed by atoms with Crippen molar-refractivity contribution in [3.8, 4) is 0 Å². The second-order valence-corrected chi connectivity index (χ2v) is 1.92. The van der Waals surface area contributed by atoms with E-state index in [1.54, 1.807) is 6.92 Å². The van der Waals surface area contributed by atoms with Gasteiger partial charge >= 0.3 is 51.4 Å². The monoisotopic (exact) mass is 172 g/mol. The number of aliphatic carboxylic acids is 1. The Hall–Kier alpha value is 1.04. The van der Waals surface area contributed by atoms with E-state index in [1.165, 1.54) is 0 Å². The molecule has 0 fully saturated rings. The number of carbonyl (C=O) groups is 1. The fraction of sp³-hybridized carbons (Fsp3) is 0.833. The molecule has 0 aromatic carbocycles. The van der Waals surface area contributed by atoms with Crippen LogP contribution in [0.15, 0.2) is 0 Å². The molecule has 0 aliphatic carbocycles. The van der Waals surface area contributed by atoms with Gasteiger partial charge < -0.3 is 9.90 Å². The van der Waals surface area contributed by atoms with Crippen molar-refractivity contribution in [1.82, 2.24) is 0 Å². The van der Waals surface area contributed by atoms with Gasteiger partial charge in [-0.15, -0.1) is 0 Å². The van der Waals surface area contributed by atoms with Crippen molar-refractivity contribution >= 4 is 5.97 Å². The van der Waals surface area contributed by atoms with Gasteiger partial charge in [-0.05, 0) is 19.3 Å². The first-order valence-corrected chi connectivity index (χ1v) is 3.00. The van der Waals surface area contributed by atoms with Gasteiger partial charge in [-0.2, -0.15) is 0 Å². The molecule has 0 radical (unpaired) electrons. The molecule has 0 amide bonds. The van der Waals surface area contributed by atoms with Crippen molar-refractivity contribution in [2.75, 3.05) is 0 Å². The van der Waals surface area contributed by atoms with Crippen LogP contribution >= 0.6 is 0 Å². The van der Waals surface area contributed by atoms with E-state index in [-0.39, 0.29) is 64.2 Å². The van der Waals surface area contributed by atoms with Gasteiger partial charge in [-0.25, -0.2) is 4.39 Å². The molecule has 0 aromatic heterocycles. The van der Waals surface area contributed by atoms with E-state index in [2.05, 4.69) is 0 Å². The molecule has 0 spiro atoms. The third kappa shape index (κ3) is 9.04. The average Bonchev–Trinajstić information content (AvgIpc) is 1.83. The Balaban J connectivity index is 0. The molecule has 0 bridgehead atoms. The molecule has 0 aliphatic rings. The average molecular weight is 172 g/mol. The maximum Gasteiger partial charge on any atom is 1.00 e. The largest absolute Gasteiger partial charge is 1.00 e. The predicted molar refractivity (Wildman–Crippen MR) is 29.4 cm³/mol. The number of carboxylic acids is 1. The van der Waals surface area contributed by atoms with Gasteiger partial charge in [-0.3, -0.25) is 0 Å². The van der Waals surface area contributed by atoms with Crippen molar-refractivity contribution < 1.29 is 65.7 Å². The molecule has 0 aliphatic heterocycles. The van der Waals surface area contributed by atoms with Crippen LogP contribution < -0.4 is 56.5 Å². The Morgan fingerprint density at radius 2 is 2.20 bits per heavy atom. The first-order valence-electron chi connectivity index (χ1n) is 3.00. The third-order valence-electron chi connectivity index (χ3n) is 1.10. The number of carboxylic acid groups (broad SMARTS) is 1. The van der Waals surface area contributed by atoms with Crippen LogP contribution in [-0.2, 0) is 4.79 Å². The molecule has 4 heteroatoms. The van der Waals surface area contributed by atoms with E-state index in [9.17, 15) is 14.3 Å². The Morgan fingerprint density at radius 3 is 2.50 bits per heavy atom. The summed E-state index contributed by atoms with van der Waals surface area (Å²) in [4.78, 5) is 9.74. The number of rotatable bonds is 4. The summed E-state index contributed by atoms with van der Waals surface area (Å²) in [5, 5.41) is 9.74. The molecule has 10 heavy (non-hydrogen) atoms. The summed E-state index contributed by atoms with van der Waals surface area (Å²) >= 11 is 0. The van der Waals surface area contributed by atoms with Crippen LogP contribution in [0.1, 0.15) is 26.2 Å². The van der Waals surface area contributed by atoms with Crippen LogP contribution in [0.2, 0.25) is 0 Å². The SMILES string of the molecule is CCC(F)CCC(=O)[O-].[K+]. The molecule has 0 N–H and O–H groups in total. The normalized spacial score (nSPS) is 11.8. The van der Waals surface area contributed by atoms with Crippen LogP contribution in [0.5, 0.6) is 0 Å². The quantitative estimate of drug-likeness (QED) is 0.432. The fourth-order valence-corrected chi connectivity index (χ4v) is 0.479. The molecule has 0 saturated heterocycles. The zero-order chi connectivity index (χ0) is 7.28. The van der Waals surface area contributed by atoms with Gasteiger partial charge in [-0.1, -0.05) is 6.92 Å². The summed E-state index contributed by atoms with van der Waals surface area (Å²) in [6.07, 6.45) is -0.691. The van der Waals surface area contributed by atoms with Gasteiger partial charge in [0, 0.05) is 5.97 Å². The van der Waals surface area contributed by atoms with Crippen molar-refractivity contribution in [2.24, 2.45) is 0 Å². The Kier molecular flexibility index (Phi) is 11.1. The first-order chi connectivity index (χ1) is 4.16. The van der Waals surface area contributed by atoms with E-state index in [4.69, 9.17) is 0 Å². The predicted octanol–water partition coefficient (Wildman–Crippen LogP) is -2.73. The minimum Gasteiger partial charge on any atom is -0.550 e. The molecule has 0 saturated carbocycles. The number of alkyl halides is 1. The first kappa shape index (κ1) is 13.6. The number of halogens is 1. The van der Waals surface area contributed by atoms with Crippen molar-refractivity contribution in [3.63, 3.8) is 0 Å². The minimum absolute atomic E-state index is 0. The summed E-state index contributed by atoms with van der Waals surface area (Å²) in [7, 11) is 0. The smallest absolute Gasteiger partial charge is 0.550 e. The number of hydrogen-bond acceptors (Lipinski definition) is 2. The van der Waals surface area contributed by atoms with E-state index in [0.29, 0.717) is 6.42 Å². The van der Waals surface area contributed by atoms with Crippen LogP contribution in [0.4, 0.5) is 4.39 Å². The second-order valence-electron chi connectivity index (χ2n) is 1.92. The Morgan fingerprint density at radius 1 is 1.70 bits per heavy atom. The van der Waals surface area contributed by atoms with Crippen LogP contribution in [-0.4, -0.2) is 12.1 Å². The van der Waals surface area contributed by atoms with E-state index in [0.717, 1.165) is 0 Å². The second kappa shape index (κ2) is 8.14. The molecular formula is C6H10FKO2. The molecule has 1 unspecified atom stereocenters. The molecule has 0 heterocycles. The van der Waals surface area contributed by atoms with Gasteiger partial charge in [0.25, 0.3) is 0 Å². The summed E-state index contributed by atoms with van der Waals surface area (Å²) in [6, 6.07) is 0. The molecular weight excluding hydrogens is 162 g/mol. The van der Waals surface area contributed by atoms with Crippen molar-refractivity contribution in [1.29, 1.82) is 0 Å². The van der Waals surface area contributed by atoms with Crippen LogP contribution in [0.3, 0.4) is 0 Å². The molecule has 0 aromatic rings. The Bertz CT molecular complexity index is 97.7. The van der Waals surface area contributed by atoms with E-state index >= 15 is 0 Å². The summed E-state index contributed by atoms with van der Waals surface area (Å²) in [5.41, 5.74) is 0. The molecule has 0 rings (SSSR count). The minimum atomic E-state index is -1.17. The molecule has 2 nitrogen and oxygen atoms in total. The topological polar surface area (TPSA) is 40.1 Å². The zero-order valence-corrected chi connectivity index (χ0v) is 9.52. The van der Waals surface area contributed by atoms with Gasteiger partial charge in [0.1, 0.15) is 6.17 Å². The standard InChI is InChI=1S/C6H11FO2.K/c1-2-5(7)3-4-6(8)9;/h5H,2-4H2,1H3,(H,8,9);/q;+1/p-1. The Labute approximate surface area is 103 Å². The van der Waals surface area contributed by atoms with Gasteiger partial charge in [0.15, 0.2) is 0 Å².